The quantitative estimate of drug-likeness (QED) is 0.506. The van der Waals surface area contributed by atoms with Gasteiger partial charge in [0, 0.05) is 18.5 Å². The molecule has 20 heavy (non-hydrogen) atoms. The second kappa shape index (κ2) is 7.31. The Balaban J connectivity index is 0.000000204. The number of nitro groups is 1. The number of aromatic nitrogens is 2. The van der Waals surface area contributed by atoms with E-state index < -0.39 is 4.92 Å². The van der Waals surface area contributed by atoms with E-state index in [2.05, 4.69) is 9.97 Å². The summed E-state index contributed by atoms with van der Waals surface area (Å²) in [5.41, 5.74) is 5.66. The number of hydrogen-bond acceptors (Lipinski definition) is 7. The number of carbonyl (C=O) groups is 2. The minimum Gasteiger partial charge on any atom is -0.397 e. The average Bonchev–Trinajstić information content (AvgIpc) is 2.48. The highest BCUT2D eigenvalue weighted by Gasteiger charge is 2.11. The van der Waals surface area contributed by atoms with Gasteiger partial charge in [-0.25, -0.2) is 4.98 Å². The zero-order valence-corrected chi connectivity index (χ0v) is 10.2. The van der Waals surface area contributed by atoms with Crippen molar-refractivity contribution in [3.63, 3.8) is 0 Å². The number of rotatable bonds is 3. The standard InChI is InChI=1S/C6H4N2O3.C6H6N2O/c9-4-5-6(8(10)11)2-1-3-7-5;7-5-2-1-3-8-6(5)4-9/h1-4H;1-4H,7H2. The van der Waals surface area contributed by atoms with Gasteiger partial charge in [0.25, 0.3) is 5.69 Å². The topological polar surface area (TPSA) is 129 Å². The second-order valence-corrected chi connectivity index (χ2v) is 3.38. The molecule has 2 heterocycles. The van der Waals surface area contributed by atoms with Crippen molar-refractivity contribution in [2.24, 2.45) is 0 Å². The largest absolute Gasteiger partial charge is 0.397 e. The predicted molar refractivity (Wildman–Crippen MR) is 70.3 cm³/mol. The molecular formula is C12H10N4O4. The first-order valence-corrected chi connectivity index (χ1v) is 5.30. The third-order valence-corrected chi connectivity index (χ3v) is 2.11. The SMILES string of the molecule is Nc1cccnc1C=O.O=Cc1ncccc1[N+](=O)[O-]. The lowest BCUT2D eigenvalue weighted by molar-refractivity contribution is -0.385. The van der Waals surface area contributed by atoms with Crippen molar-refractivity contribution in [1.29, 1.82) is 0 Å². The van der Waals surface area contributed by atoms with E-state index in [0.717, 1.165) is 0 Å². The summed E-state index contributed by atoms with van der Waals surface area (Å²) in [4.78, 5) is 37.0. The molecule has 0 aliphatic rings. The Morgan fingerprint density at radius 1 is 1.05 bits per heavy atom. The molecule has 0 bridgehead atoms. The van der Waals surface area contributed by atoms with Gasteiger partial charge in [0.15, 0.2) is 18.3 Å². The average molecular weight is 274 g/mol. The van der Waals surface area contributed by atoms with Gasteiger partial charge in [-0.15, -0.1) is 0 Å². The van der Waals surface area contributed by atoms with Crippen LogP contribution in [0.15, 0.2) is 36.7 Å². The Labute approximate surface area is 113 Å². The minimum absolute atomic E-state index is 0.141. The van der Waals surface area contributed by atoms with Crippen LogP contribution in [0.2, 0.25) is 0 Å². The van der Waals surface area contributed by atoms with Crippen LogP contribution in [0, 0.1) is 10.1 Å². The third-order valence-electron chi connectivity index (χ3n) is 2.11. The van der Waals surface area contributed by atoms with Crippen molar-refractivity contribution >= 4 is 23.9 Å². The summed E-state index contributed by atoms with van der Waals surface area (Å²) in [5, 5.41) is 10.2. The zero-order chi connectivity index (χ0) is 15.0. The van der Waals surface area contributed by atoms with E-state index in [1.54, 1.807) is 12.1 Å². The van der Waals surface area contributed by atoms with Crippen molar-refractivity contribution in [3.8, 4) is 0 Å². The summed E-state index contributed by atoms with van der Waals surface area (Å²) in [6.07, 6.45) is 3.85. The predicted octanol–water partition coefficient (Wildman–Crippen LogP) is 1.28. The molecule has 102 valence electrons. The summed E-state index contributed by atoms with van der Waals surface area (Å²) in [5.74, 6) is 0. The second-order valence-electron chi connectivity index (χ2n) is 3.38. The first kappa shape index (κ1) is 14.9. The lowest BCUT2D eigenvalue weighted by Gasteiger charge is -1.91. The fourth-order valence-electron chi connectivity index (χ4n) is 1.18. The molecule has 2 aromatic heterocycles. The molecule has 0 aromatic carbocycles. The summed E-state index contributed by atoms with van der Waals surface area (Å²) in [7, 11) is 0. The zero-order valence-electron chi connectivity index (χ0n) is 10.2. The highest BCUT2D eigenvalue weighted by atomic mass is 16.6. The molecule has 0 atom stereocenters. The molecule has 2 rings (SSSR count). The monoisotopic (exact) mass is 274 g/mol. The van der Waals surface area contributed by atoms with Crippen LogP contribution in [-0.2, 0) is 0 Å². The fourth-order valence-corrected chi connectivity index (χ4v) is 1.18. The van der Waals surface area contributed by atoms with Gasteiger partial charge >= 0.3 is 0 Å². The Kier molecular flexibility index (Phi) is 5.45. The number of nitrogen functional groups attached to an aromatic ring is 1. The van der Waals surface area contributed by atoms with E-state index in [4.69, 9.17) is 5.73 Å². The van der Waals surface area contributed by atoms with Crippen LogP contribution in [-0.4, -0.2) is 27.5 Å². The van der Waals surface area contributed by atoms with Gasteiger partial charge < -0.3 is 5.73 Å². The van der Waals surface area contributed by atoms with Crippen LogP contribution in [0.1, 0.15) is 21.0 Å². The van der Waals surface area contributed by atoms with Crippen LogP contribution in [0.4, 0.5) is 11.4 Å². The lowest BCUT2D eigenvalue weighted by Crippen LogP contribution is -1.95. The molecule has 0 fully saturated rings. The van der Waals surface area contributed by atoms with Crippen molar-refractivity contribution in [1.82, 2.24) is 9.97 Å². The van der Waals surface area contributed by atoms with Gasteiger partial charge in [-0.3, -0.25) is 24.7 Å². The molecule has 8 heteroatoms. The summed E-state index contributed by atoms with van der Waals surface area (Å²) < 4.78 is 0. The van der Waals surface area contributed by atoms with Gasteiger partial charge in [-0.05, 0) is 18.2 Å². The maximum atomic E-state index is 10.2. The van der Waals surface area contributed by atoms with Gasteiger partial charge in [0.2, 0.25) is 0 Å². The Morgan fingerprint density at radius 3 is 2.00 bits per heavy atom. The number of hydrogen-bond donors (Lipinski definition) is 1. The number of aldehydes is 2. The van der Waals surface area contributed by atoms with Crippen LogP contribution in [0.5, 0.6) is 0 Å². The number of anilines is 1. The molecule has 0 unspecified atom stereocenters. The van der Waals surface area contributed by atoms with Gasteiger partial charge in [-0.1, -0.05) is 0 Å². The Morgan fingerprint density at radius 2 is 1.60 bits per heavy atom. The van der Waals surface area contributed by atoms with Crippen LogP contribution in [0.3, 0.4) is 0 Å². The van der Waals surface area contributed by atoms with E-state index in [0.29, 0.717) is 24.0 Å². The normalized spacial score (nSPS) is 9.00. The summed E-state index contributed by atoms with van der Waals surface area (Å²) in [6.45, 7) is 0. The van der Waals surface area contributed by atoms with Crippen molar-refractivity contribution < 1.29 is 14.5 Å². The molecule has 8 nitrogen and oxygen atoms in total. The highest BCUT2D eigenvalue weighted by molar-refractivity contribution is 5.79. The number of nitrogens with two attached hydrogens (primary N) is 1. The van der Waals surface area contributed by atoms with Gasteiger partial charge in [0.1, 0.15) is 5.69 Å². The molecule has 2 N–H and O–H groups in total. The Bertz CT molecular complexity index is 630. The van der Waals surface area contributed by atoms with E-state index in [-0.39, 0.29) is 11.4 Å². The van der Waals surface area contributed by atoms with Crippen molar-refractivity contribution in [3.05, 3.63) is 58.2 Å². The highest BCUT2D eigenvalue weighted by Crippen LogP contribution is 2.11. The molecule has 2 aromatic rings. The molecule has 0 amide bonds. The van der Waals surface area contributed by atoms with Crippen LogP contribution in [0.25, 0.3) is 0 Å². The van der Waals surface area contributed by atoms with E-state index in [1.807, 2.05) is 0 Å². The molecule has 0 aliphatic heterocycles. The molecular weight excluding hydrogens is 264 g/mol. The molecule has 0 spiro atoms. The molecule has 0 saturated carbocycles. The number of pyridine rings is 2. The van der Waals surface area contributed by atoms with Gasteiger partial charge in [-0.2, -0.15) is 0 Å². The van der Waals surface area contributed by atoms with E-state index in [9.17, 15) is 19.7 Å². The lowest BCUT2D eigenvalue weighted by atomic mass is 10.3. The summed E-state index contributed by atoms with van der Waals surface area (Å²) >= 11 is 0. The van der Waals surface area contributed by atoms with E-state index >= 15 is 0 Å². The molecule has 0 radical (unpaired) electrons. The van der Waals surface area contributed by atoms with E-state index in [1.165, 1.54) is 24.5 Å². The number of nitrogens with zero attached hydrogens (tertiary/aromatic N) is 3. The maximum absolute atomic E-state index is 10.2. The molecule has 0 aliphatic carbocycles. The van der Waals surface area contributed by atoms with Crippen molar-refractivity contribution in [2.75, 3.05) is 5.73 Å². The van der Waals surface area contributed by atoms with Crippen LogP contribution < -0.4 is 5.73 Å². The minimum atomic E-state index is -0.642. The first-order valence-electron chi connectivity index (χ1n) is 5.30. The fraction of sp³-hybridized carbons (Fsp3) is 0. The first-order chi connectivity index (χ1) is 9.60. The van der Waals surface area contributed by atoms with Crippen molar-refractivity contribution in [2.45, 2.75) is 0 Å². The third kappa shape index (κ3) is 3.95. The maximum Gasteiger partial charge on any atom is 0.298 e. The smallest absolute Gasteiger partial charge is 0.298 e. The molecule has 0 saturated heterocycles. The van der Waals surface area contributed by atoms with Gasteiger partial charge in [0.05, 0.1) is 10.6 Å². The van der Waals surface area contributed by atoms with Crippen LogP contribution >= 0.6 is 0 Å². The summed E-state index contributed by atoms with van der Waals surface area (Å²) in [6, 6.07) is 5.96. The Hall–Kier alpha value is -3.16. The number of carbonyl (C=O) groups excluding carboxylic acids is 2.